The lowest BCUT2D eigenvalue weighted by Crippen LogP contribution is -2.31. The third-order valence-electron chi connectivity index (χ3n) is 2.43. The Morgan fingerprint density at radius 2 is 2.19 bits per heavy atom. The van der Waals surface area contributed by atoms with Crippen LogP contribution in [0.4, 0.5) is 0 Å². The molecular formula is C13H16N2O. The predicted octanol–water partition coefficient (Wildman–Crippen LogP) is 2.23. The smallest absolute Gasteiger partial charge is 0.224 e. The van der Waals surface area contributed by atoms with Gasteiger partial charge in [-0.15, -0.1) is 0 Å². The number of rotatable bonds is 3. The molecule has 0 aliphatic heterocycles. The molecular weight excluding hydrogens is 200 g/mol. The van der Waals surface area contributed by atoms with Crippen LogP contribution in [0.1, 0.15) is 19.4 Å². The van der Waals surface area contributed by atoms with E-state index in [-0.39, 0.29) is 11.9 Å². The van der Waals surface area contributed by atoms with Gasteiger partial charge in [-0.2, -0.15) is 0 Å². The molecule has 16 heavy (non-hydrogen) atoms. The quantitative estimate of drug-likeness (QED) is 0.812. The Hall–Kier alpha value is -1.77. The summed E-state index contributed by atoms with van der Waals surface area (Å²) in [7, 11) is 0. The van der Waals surface area contributed by atoms with Crippen molar-refractivity contribution in [3.8, 4) is 0 Å². The molecule has 1 aromatic carbocycles. The van der Waals surface area contributed by atoms with Crippen LogP contribution in [0.2, 0.25) is 0 Å². The zero-order valence-electron chi connectivity index (χ0n) is 9.58. The summed E-state index contributed by atoms with van der Waals surface area (Å²) >= 11 is 0. The highest BCUT2D eigenvalue weighted by Crippen LogP contribution is 2.14. The summed E-state index contributed by atoms with van der Waals surface area (Å²) in [5, 5.41) is 4.03. The van der Waals surface area contributed by atoms with Crippen LogP contribution in [-0.2, 0) is 11.2 Å². The van der Waals surface area contributed by atoms with E-state index in [1.165, 1.54) is 0 Å². The van der Waals surface area contributed by atoms with Gasteiger partial charge in [0.15, 0.2) is 0 Å². The van der Waals surface area contributed by atoms with Gasteiger partial charge in [0.1, 0.15) is 0 Å². The molecule has 2 aromatic rings. The number of hydrogen-bond donors (Lipinski definition) is 2. The Labute approximate surface area is 94.9 Å². The first-order chi connectivity index (χ1) is 7.65. The zero-order chi connectivity index (χ0) is 11.5. The van der Waals surface area contributed by atoms with Gasteiger partial charge in [0, 0.05) is 17.8 Å². The normalized spacial score (nSPS) is 10.9. The lowest BCUT2D eigenvalue weighted by molar-refractivity contribution is -0.120. The monoisotopic (exact) mass is 216 g/mol. The fraction of sp³-hybridized carbons (Fsp3) is 0.308. The Kier molecular flexibility index (Phi) is 2.95. The minimum Gasteiger partial charge on any atom is -0.361 e. The topological polar surface area (TPSA) is 44.9 Å². The first kappa shape index (κ1) is 10.7. The molecule has 0 saturated carbocycles. The minimum atomic E-state index is 0.0740. The molecule has 0 radical (unpaired) electrons. The zero-order valence-corrected chi connectivity index (χ0v) is 9.58. The molecule has 2 N–H and O–H groups in total. The first-order valence-electron chi connectivity index (χ1n) is 5.50. The molecule has 0 spiro atoms. The summed E-state index contributed by atoms with van der Waals surface area (Å²) in [6, 6.07) is 8.25. The van der Waals surface area contributed by atoms with Gasteiger partial charge in [0.25, 0.3) is 0 Å². The maximum atomic E-state index is 11.6. The number of fused-ring (bicyclic) bond motifs is 1. The van der Waals surface area contributed by atoms with Crippen molar-refractivity contribution in [1.82, 2.24) is 10.3 Å². The van der Waals surface area contributed by atoms with Crippen LogP contribution < -0.4 is 5.32 Å². The van der Waals surface area contributed by atoms with Gasteiger partial charge in [-0.25, -0.2) is 0 Å². The van der Waals surface area contributed by atoms with Gasteiger partial charge in [-0.1, -0.05) is 6.07 Å². The van der Waals surface area contributed by atoms with Crippen LogP contribution in [0.15, 0.2) is 30.5 Å². The van der Waals surface area contributed by atoms with Crippen molar-refractivity contribution in [3.63, 3.8) is 0 Å². The molecule has 3 heteroatoms. The Morgan fingerprint density at radius 1 is 1.38 bits per heavy atom. The second-order valence-corrected chi connectivity index (χ2v) is 4.30. The fourth-order valence-electron chi connectivity index (χ4n) is 1.77. The molecule has 2 rings (SSSR count). The van der Waals surface area contributed by atoms with E-state index in [4.69, 9.17) is 0 Å². The molecule has 3 nitrogen and oxygen atoms in total. The molecule has 0 bridgehead atoms. The van der Waals surface area contributed by atoms with Gasteiger partial charge < -0.3 is 10.3 Å². The molecule has 0 unspecified atom stereocenters. The molecule has 0 fully saturated rings. The van der Waals surface area contributed by atoms with Crippen LogP contribution in [-0.4, -0.2) is 16.9 Å². The molecule has 1 heterocycles. The predicted molar refractivity (Wildman–Crippen MR) is 65.3 cm³/mol. The third-order valence-corrected chi connectivity index (χ3v) is 2.43. The Morgan fingerprint density at radius 3 is 2.94 bits per heavy atom. The second-order valence-electron chi connectivity index (χ2n) is 4.30. The van der Waals surface area contributed by atoms with Gasteiger partial charge in [-0.3, -0.25) is 4.79 Å². The van der Waals surface area contributed by atoms with Crippen molar-refractivity contribution < 1.29 is 4.79 Å². The second kappa shape index (κ2) is 4.39. The van der Waals surface area contributed by atoms with E-state index in [0.29, 0.717) is 6.42 Å². The fourth-order valence-corrected chi connectivity index (χ4v) is 1.77. The molecule has 0 saturated heterocycles. The number of amides is 1. The van der Waals surface area contributed by atoms with Crippen molar-refractivity contribution in [2.24, 2.45) is 0 Å². The molecule has 0 aliphatic carbocycles. The van der Waals surface area contributed by atoms with Crippen LogP contribution in [0.5, 0.6) is 0 Å². The lowest BCUT2D eigenvalue weighted by Gasteiger charge is -2.08. The van der Waals surface area contributed by atoms with E-state index in [2.05, 4.69) is 10.3 Å². The number of hydrogen-bond acceptors (Lipinski definition) is 1. The van der Waals surface area contributed by atoms with E-state index in [0.717, 1.165) is 16.5 Å². The van der Waals surface area contributed by atoms with Crippen molar-refractivity contribution in [3.05, 3.63) is 36.0 Å². The van der Waals surface area contributed by atoms with Crippen molar-refractivity contribution in [1.29, 1.82) is 0 Å². The number of carbonyl (C=O) groups excluding carboxylic acids is 1. The van der Waals surface area contributed by atoms with E-state index < -0.39 is 0 Å². The van der Waals surface area contributed by atoms with E-state index in [1.54, 1.807) is 0 Å². The Balaban J connectivity index is 2.11. The third kappa shape index (κ3) is 2.42. The van der Waals surface area contributed by atoms with Crippen LogP contribution in [0.3, 0.4) is 0 Å². The molecule has 1 amide bonds. The van der Waals surface area contributed by atoms with Crippen LogP contribution >= 0.6 is 0 Å². The van der Waals surface area contributed by atoms with Gasteiger partial charge in [-0.05, 0) is 43.0 Å². The molecule has 84 valence electrons. The van der Waals surface area contributed by atoms with E-state index in [9.17, 15) is 4.79 Å². The van der Waals surface area contributed by atoms with Gasteiger partial charge >= 0.3 is 0 Å². The summed E-state index contributed by atoms with van der Waals surface area (Å²) in [6.45, 7) is 3.93. The largest absolute Gasteiger partial charge is 0.361 e. The van der Waals surface area contributed by atoms with Crippen molar-refractivity contribution in [2.45, 2.75) is 26.3 Å². The minimum absolute atomic E-state index is 0.0740. The summed E-state index contributed by atoms with van der Waals surface area (Å²) < 4.78 is 0. The maximum absolute atomic E-state index is 11.6. The summed E-state index contributed by atoms with van der Waals surface area (Å²) in [5.41, 5.74) is 2.15. The highest BCUT2D eigenvalue weighted by molar-refractivity contribution is 5.83. The molecule has 1 aromatic heterocycles. The highest BCUT2D eigenvalue weighted by Gasteiger charge is 2.05. The van der Waals surface area contributed by atoms with Crippen molar-refractivity contribution >= 4 is 16.8 Å². The van der Waals surface area contributed by atoms with Gasteiger partial charge in [0.2, 0.25) is 5.91 Å². The average Bonchev–Trinajstić information content (AvgIpc) is 2.63. The van der Waals surface area contributed by atoms with Crippen molar-refractivity contribution in [2.75, 3.05) is 0 Å². The average molecular weight is 216 g/mol. The van der Waals surface area contributed by atoms with Crippen LogP contribution in [0.25, 0.3) is 10.9 Å². The number of aromatic amines is 1. The van der Waals surface area contributed by atoms with Crippen LogP contribution in [0, 0.1) is 0 Å². The number of aromatic nitrogens is 1. The van der Waals surface area contributed by atoms with E-state index in [1.807, 2.05) is 44.3 Å². The molecule has 0 aliphatic rings. The summed E-state index contributed by atoms with van der Waals surface area (Å²) in [5.74, 6) is 0.0740. The summed E-state index contributed by atoms with van der Waals surface area (Å²) in [6.07, 6.45) is 2.35. The first-order valence-corrected chi connectivity index (χ1v) is 5.50. The highest BCUT2D eigenvalue weighted by atomic mass is 16.1. The maximum Gasteiger partial charge on any atom is 0.224 e. The van der Waals surface area contributed by atoms with E-state index >= 15 is 0 Å². The SMILES string of the molecule is CC(C)NC(=O)Cc1ccc2[nH]ccc2c1. The molecule has 0 atom stereocenters. The standard InChI is InChI=1S/C13H16N2O/c1-9(2)15-13(16)8-10-3-4-12-11(7-10)5-6-14-12/h3-7,9,14H,8H2,1-2H3,(H,15,16). The number of H-pyrrole nitrogens is 1. The lowest BCUT2D eigenvalue weighted by atomic mass is 10.1. The summed E-state index contributed by atoms with van der Waals surface area (Å²) in [4.78, 5) is 14.7. The number of nitrogens with one attached hydrogen (secondary N) is 2. The van der Waals surface area contributed by atoms with Gasteiger partial charge in [0.05, 0.1) is 6.42 Å². The number of benzene rings is 1. The number of carbonyl (C=O) groups is 1. The Bertz CT molecular complexity index is 499.